The van der Waals surface area contributed by atoms with Gasteiger partial charge in [0.05, 0.1) is 11.9 Å². The molecule has 1 aromatic heterocycles. The summed E-state index contributed by atoms with van der Waals surface area (Å²) in [6.45, 7) is 0. The van der Waals surface area contributed by atoms with Gasteiger partial charge in [0.15, 0.2) is 0 Å². The van der Waals surface area contributed by atoms with Crippen LogP contribution < -0.4 is 5.32 Å². The lowest BCUT2D eigenvalue weighted by atomic mass is 10.0. The fraction of sp³-hybridized carbons (Fsp3) is 0. The molecule has 1 amide bonds. The molecule has 6 heteroatoms. The van der Waals surface area contributed by atoms with Crippen LogP contribution in [-0.4, -0.2) is 20.9 Å². The van der Waals surface area contributed by atoms with Crippen LogP contribution in [0.3, 0.4) is 0 Å². The van der Waals surface area contributed by atoms with Gasteiger partial charge in [0.2, 0.25) is 0 Å². The van der Waals surface area contributed by atoms with Crippen molar-refractivity contribution in [2.24, 2.45) is 0 Å². The maximum Gasteiger partial charge on any atom is 0.256 e. The SMILES string of the molecule is O=C1Nc2ccc(F)cc2/C1=C/c1ccc(-c2cn(-c3ccccc3)nn2)cc1. The second-order valence-corrected chi connectivity index (χ2v) is 6.71. The number of halogens is 1. The second-order valence-electron chi connectivity index (χ2n) is 6.71. The standard InChI is InChI=1S/C23H15FN4O/c24-17-10-11-21-19(13-17)20(23(29)25-21)12-15-6-8-16(9-7-15)22-14-28(27-26-22)18-4-2-1-3-5-18/h1-14H,(H,25,29)/b20-12-. The molecule has 5 rings (SSSR count). The van der Waals surface area contributed by atoms with E-state index in [1.54, 1.807) is 16.8 Å². The summed E-state index contributed by atoms with van der Waals surface area (Å²) in [6, 6.07) is 21.7. The molecule has 0 radical (unpaired) electrons. The summed E-state index contributed by atoms with van der Waals surface area (Å²) in [7, 11) is 0. The van der Waals surface area contributed by atoms with Gasteiger partial charge in [-0.15, -0.1) is 5.10 Å². The molecular weight excluding hydrogens is 367 g/mol. The Bertz CT molecular complexity index is 1240. The predicted molar refractivity (Wildman–Crippen MR) is 110 cm³/mol. The minimum Gasteiger partial charge on any atom is -0.321 e. The lowest BCUT2D eigenvalue weighted by molar-refractivity contribution is -0.110. The molecule has 0 fully saturated rings. The molecule has 1 aliphatic rings. The van der Waals surface area contributed by atoms with Gasteiger partial charge in [-0.25, -0.2) is 9.07 Å². The first-order chi connectivity index (χ1) is 14.2. The van der Waals surface area contributed by atoms with Gasteiger partial charge < -0.3 is 5.32 Å². The van der Waals surface area contributed by atoms with E-state index in [9.17, 15) is 9.18 Å². The average molecular weight is 382 g/mol. The molecule has 3 aromatic carbocycles. The zero-order valence-corrected chi connectivity index (χ0v) is 15.2. The van der Waals surface area contributed by atoms with Crippen molar-refractivity contribution in [2.45, 2.75) is 0 Å². The van der Waals surface area contributed by atoms with Crippen molar-refractivity contribution in [1.29, 1.82) is 0 Å². The van der Waals surface area contributed by atoms with Crippen LogP contribution in [0.5, 0.6) is 0 Å². The molecule has 1 N–H and O–H groups in total. The number of hydrogen-bond donors (Lipinski definition) is 1. The fourth-order valence-electron chi connectivity index (χ4n) is 3.32. The normalized spacial score (nSPS) is 14.1. The number of para-hydroxylation sites is 1. The van der Waals surface area contributed by atoms with E-state index >= 15 is 0 Å². The smallest absolute Gasteiger partial charge is 0.256 e. The third kappa shape index (κ3) is 3.21. The van der Waals surface area contributed by atoms with Crippen LogP contribution in [0.1, 0.15) is 11.1 Å². The number of carbonyl (C=O) groups excluding carboxylic acids is 1. The molecule has 0 saturated carbocycles. The molecule has 2 heterocycles. The Hall–Kier alpha value is -4.06. The maximum atomic E-state index is 13.6. The van der Waals surface area contributed by atoms with E-state index in [4.69, 9.17) is 0 Å². The maximum absolute atomic E-state index is 13.6. The van der Waals surface area contributed by atoms with Crippen molar-refractivity contribution in [1.82, 2.24) is 15.0 Å². The van der Waals surface area contributed by atoms with Gasteiger partial charge in [-0.1, -0.05) is 47.7 Å². The minimum atomic E-state index is -0.372. The molecule has 140 valence electrons. The zero-order valence-electron chi connectivity index (χ0n) is 15.2. The third-order valence-corrected chi connectivity index (χ3v) is 4.80. The third-order valence-electron chi connectivity index (χ3n) is 4.80. The van der Waals surface area contributed by atoms with Gasteiger partial charge in [0, 0.05) is 22.4 Å². The van der Waals surface area contributed by atoms with Crippen molar-refractivity contribution >= 4 is 23.2 Å². The van der Waals surface area contributed by atoms with Crippen LogP contribution in [0.4, 0.5) is 10.1 Å². The van der Waals surface area contributed by atoms with Gasteiger partial charge >= 0.3 is 0 Å². The summed E-state index contributed by atoms with van der Waals surface area (Å²) >= 11 is 0. The Morgan fingerprint density at radius 3 is 2.55 bits per heavy atom. The van der Waals surface area contributed by atoms with E-state index in [2.05, 4.69) is 15.6 Å². The molecule has 0 saturated heterocycles. The highest BCUT2D eigenvalue weighted by Gasteiger charge is 2.24. The number of hydrogen-bond acceptors (Lipinski definition) is 3. The summed E-state index contributed by atoms with van der Waals surface area (Å²) in [5.74, 6) is -0.608. The zero-order chi connectivity index (χ0) is 19.8. The first kappa shape index (κ1) is 17.1. The molecule has 0 atom stereocenters. The van der Waals surface area contributed by atoms with Crippen molar-refractivity contribution in [3.8, 4) is 16.9 Å². The van der Waals surface area contributed by atoms with Crippen molar-refractivity contribution in [3.63, 3.8) is 0 Å². The number of nitrogens with zero attached hydrogens (tertiary/aromatic N) is 3. The number of anilines is 1. The number of fused-ring (bicyclic) bond motifs is 1. The Balaban J connectivity index is 1.43. The molecule has 0 bridgehead atoms. The highest BCUT2D eigenvalue weighted by molar-refractivity contribution is 6.34. The molecule has 4 aromatic rings. The summed E-state index contributed by atoms with van der Waals surface area (Å²) in [5.41, 5.74) is 5.08. The average Bonchev–Trinajstić information content (AvgIpc) is 3.35. The molecule has 29 heavy (non-hydrogen) atoms. The summed E-state index contributed by atoms with van der Waals surface area (Å²) in [6.07, 6.45) is 3.62. The first-order valence-corrected chi connectivity index (χ1v) is 9.08. The molecule has 5 nitrogen and oxygen atoms in total. The van der Waals surface area contributed by atoms with Crippen LogP contribution in [0, 0.1) is 5.82 Å². The number of amides is 1. The van der Waals surface area contributed by atoms with E-state index in [1.165, 1.54) is 12.1 Å². The van der Waals surface area contributed by atoms with Gasteiger partial charge in [-0.2, -0.15) is 0 Å². The van der Waals surface area contributed by atoms with Crippen LogP contribution in [-0.2, 0) is 4.79 Å². The lowest BCUT2D eigenvalue weighted by Crippen LogP contribution is -2.03. The molecular formula is C23H15FN4O. The highest BCUT2D eigenvalue weighted by Crippen LogP contribution is 2.33. The summed E-state index contributed by atoms with van der Waals surface area (Å²) in [5, 5.41) is 11.2. The number of aromatic nitrogens is 3. The van der Waals surface area contributed by atoms with Crippen LogP contribution in [0.15, 0.2) is 79.0 Å². The molecule has 0 unspecified atom stereocenters. The van der Waals surface area contributed by atoms with Gasteiger partial charge in [0.1, 0.15) is 11.5 Å². The van der Waals surface area contributed by atoms with Crippen molar-refractivity contribution in [2.75, 3.05) is 5.32 Å². The number of rotatable bonds is 3. The molecule has 0 spiro atoms. The highest BCUT2D eigenvalue weighted by atomic mass is 19.1. The summed E-state index contributed by atoms with van der Waals surface area (Å²) in [4.78, 5) is 12.2. The lowest BCUT2D eigenvalue weighted by Gasteiger charge is -2.01. The Labute approximate surface area is 166 Å². The second kappa shape index (κ2) is 6.83. The van der Waals surface area contributed by atoms with Gasteiger partial charge in [-0.3, -0.25) is 4.79 Å². The van der Waals surface area contributed by atoms with Crippen LogP contribution in [0.2, 0.25) is 0 Å². The molecule has 1 aliphatic heterocycles. The van der Waals surface area contributed by atoms with E-state index in [-0.39, 0.29) is 11.7 Å². The number of nitrogens with one attached hydrogen (secondary N) is 1. The van der Waals surface area contributed by atoms with E-state index in [0.29, 0.717) is 16.8 Å². The Morgan fingerprint density at radius 2 is 1.76 bits per heavy atom. The first-order valence-electron chi connectivity index (χ1n) is 9.08. The van der Waals surface area contributed by atoms with E-state index < -0.39 is 0 Å². The van der Waals surface area contributed by atoms with Crippen molar-refractivity contribution < 1.29 is 9.18 Å². The van der Waals surface area contributed by atoms with E-state index in [1.807, 2.05) is 60.8 Å². The summed E-state index contributed by atoms with van der Waals surface area (Å²) < 4.78 is 15.3. The topological polar surface area (TPSA) is 59.8 Å². The van der Waals surface area contributed by atoms with Crippen molar-refractivity contribution in [3.05, 3.63) is 95.9 Å². The van der Waals surface area contributed by atoms with Gasteiger partial charge in [-0.05, 0) is 42.0 Å². The Morgan fingerprint density at radius 1 is 0.966 bits per heavy atom. The largest absolute Gasteiger partial charge is 0.321 e. The predicted octanol–water partition coefficient (Wildman–Crippen LogP) is 4.57. The van der Waals surface area contributed by atoms with Crippen LogP contribution >= 0.6 is 0 Å². The quantitative estimate of drug-likeness (QED) is 0.528. The Kier molecular flexibility index (Phi) is 4.02. The molecule has 0 aliphatic carbocycles. The fourth-order valence-corrected chi connectivity index (χ4v) is 3.32. The van der Waals surface area contributed by atoms with Gasteiger partial charge in [0.25, 0.3) is 5.91 Å². The van der Waals surface area contributed by atoms with E-state index in [0.717, 1.165) is 22.5 Å². The van der Waals surface area contributed by atoms with Crippen LogP contribution in [0.25, 0.3) is 28.6 Å². The monoisotopic (exact) mass is 382 g/mol. The minimum absolute atomic E-state index is 0.236. The number of benzene rings is 3. The number of carbonyl (C=O) groups is 1.